The molecule has 2 amide bonds. The number of hydrogen-bond acceptors (Lipinski definition) is 8. The number of aromatic nitrogens is 5. The number of amides is 2. The van der Waals surface area contributed by atoms with Crippen molar-refractivity contribution in [1.82, 2.24) is 30.0 Å². The number of aromatic amines is 2. The highest BCUT2D eigenvalue weighted by atomic mass is 16.5. The number of likely N-dealkylation sites (tertiary alicyclic amines) is 1. The number of anilines is 2. The first-order chi connectivity index (χ1) is 17.5. The standard InChI is InChI=1S/C24H24N8O4/c1-2-19(34)32-12-9-15(13-32)27-22-20-17(7-10-25-21(20)30-31-22)36-16-5-3-14(4-6-16)23(35)29-24-26-11-8-18(33)28-24/h3-8,10-11,15H,2,9,12-13H2,1H3,(H2,25,27,30,31)(H2,26,28,29,33,35)/t15-/m1/s1. The molecule has 12 nitrogen and oxygen atoms in total. The van der Waals surface area contributed by atoms with Crippen molar-refractivity contribution in [2.24, 2.45) is 0 Å². The molecule has 0 aliphatic carbocycles. The lowest BCUT2D eigenvalue weighted by molar-refractivity contribution is -0.129. The average molecular weight is 489 g/mol. The molecule has 0 bridgehead atoms. The molecule has 0 saturated carbocycles. The fourth-order valence-corrected chi connectivity index (χ4v) is 4.05. The number of nitrogens with one attached hydrogen (secondary N) is 4. The van der Waals surface area contributed by atoms with E-state index in [1.54, 1.807) is 36.5 Å². The molecule has 184 valence electrons. The normalized spacial score (nSPS) is 15.1. The summed E-state index contributed by atoms with van der Waals surface area (Å²) in [5, 5.41) is 13.9. The molecule has 1 saturated heterocycles. The number of ether oxygens (including phenoxy) is 1. The summed E-state index contributed by atoms with van der Waals surface area (Å²) in [4.78, 5) is 48.4. The number of rotatable bonds is 7. The van der Waals surface area contributed by atoms with Crippen molar-refractivity contribution in [3.8, 4) is 11.5 Å². The monoisotopic (exact) mass is 488 g/mol. The molecule has 1 aliphatic heterocycles. The molecular formula is C24H24N8O4. The Bertz CT molecular complexity index is 1460. The second-order valence-corrected chi connectivity index (χ2v) is 8.29. The molecule has 1 aromatic carbocycles. The van der Waals surface area contributed by atoms with E-state index in [2.05, 4.69) is 35.8 Å². The fourth-order valence-electron chi connectivity index (χ4n) is 4.05. The topological polar surface area (TPSA) is 158 Å². The summed E-state index contributed by atoms with van der Waals surface area (Å²) in [6.07, 6.45) is 4.25. The van der Waals surface area contributed by atoms with Gasteiger partial charge in [-0.15, -0.1) is 0 Å². The van der Waals surface area contributed by atoms with Crippen LogP contribution in [0.4, 0.5) is 11.8 Å². The Labute approximate surface area is 205 Å². The van der Waals surface area contributed by atoms with Crippen molar-refractivity contribution >= 4 is 34.6 Å². The number of carbonyl (C=O) groups excluding carboxylic acids is 2. The highest BCUT2D eigenvalue weighted by Crippen LogP contribution is 2.33. The third-order valence-electron chi connectivity index (χ3n) is 5.85. The first-order valence-electron chi connectivity index (χ1n) is 11.5. The van der Waals surface area contributed by atoms with E-state index in [4.69, 9.17) is 4.74 Å². The lowest BCUT2D eigenvalue weighted by atomic mass is 10.2. The van der Waals surface area contributed by atoms with Gasteiger partial charge in [0.25, 0.3) is 11.5 Å². The minimum Gasteiger partial charge on any atom is -0.456 e. The van der Waals surface area contributed by atoms with Gasteiger partial charge in [0.2, 0.25) is 11.9 Å². The molecule has 4 heterocycles. The maximum absolute atomic E-state index is 12.5. The SMILES string of the molecule is CCC(=O)N1CC[C@@H](Nc2n[nH]c3nccc(Oc4ccc(C(=O)Nc5nccc(=O)[nH]5)cc4)c23)C1. The van der Waals surface area contributed by atoms with E-state index in [1.165, 1.54) is 12.3 Å². The first kappa shape index (κ1) is 23.0. The Balaban J connectivity index is 1.30. The van der Waals surface area contributed by atoms with Crippen molar-refractivity contribution in [3.05, 3.63) is 64.7 Å². The third kappa shape index (κ3) is 4.87. The number of hydrogen-bond donors (Lipinski definition) is 4. The smallest absolute Gasteiger partial charge is 0.257 e. The van der Waals surface area contributed by atoms with Gasteiger partial charge in [0.15, 0.2) is 11.5 Å². The van der Waals surface area contributed by atoms with Crippen LogP contribution in [0.15, 0.2) is 53.6 Å². The molecule has 1 fully saturated rings. The number of nitrogens with zero attached hydrogens (tertiary/aromatic N) is 4. The minimum absolute atomic E-state index is 0.0661. The quantitative estimate of drug-likeness (QED) is 0.309. The number of pyridine rings is 1. The Hall–Kier alpha value is -4.74. The van der Waals surface area contributed by atoms with Crippen molar-refractivity contribution in [1.29, 1.82) is 0 Å². The summed E-state index contributed by atoms with van der Waals surface area (Å²) in [7, 11) is 0. The number of fused-ring (bicyclic) bond motifs is 1. The molecule has 12 heteroatoms. The van der Waals surface area contributed by atoms with Crippen molar-refractivity contribution in [2.45, 2.75) is 25.8 Å². The average Bonchev–Trinajstić information content (AvgIpc) is 3.52. The van der Waals surface area contributed by atoms with Crippen LogP contribution in [0.25, 0.3) is 11.0 Å². The van der Waals surface area contributed by atoms with Crippen LogP contribution in [-0.4, -0.2) is 61.0 Å². The highest BCUT2D eigenvalue weighted by molar-refractivity contribution is 6.03. The lowest BCUT2D eigenvalue weighted by Gasteiger charge is -2.16. The van der Waals surface area contributed by atoms with Crippen LogP contribution in [0.1, 0.15) is 30.1 Å². The molecule has 3 aromatic heterocycles. The van der Waals surface area contributed by atoms with E-state index in [-0.39, 0.29) is 23.5 Å². The third-order valence-corrected chi connectivity index (χ3v) is 5.85. The van der Waals surface area contributed by atoms with Crippen LogP contribution in [0, 0.1) is 0 Å². The summed E-state index contributed by atoms with van der Waals surface area (Å²) in [6, 6.07) is 9.62. The van der Waals surface area contributed by atoms with Crippen molar-refractivity contribution in [3.63, 3.8) is 0 Å². The van der Waals surface area contributed by atoms with E-state index in [0.717, 1.165) is 6.42 Å². The van der Waals surface area contributed by atoms with Gasteiger partial charge in [-0.2, -0.15) is 5.10 Å². The van der Waals surface area contributed by atoms with E-state index >= 15 is 0 Å². The molecule has 1 aliphatic rings. The highest BCUT2D eigenvalue weighted by Gasteiger charge is 2.26. The van der Waals surface area contributed by atoms with E-state index in [0.29, 0.717) is 53.4 Å². The second kappa shape index (κ2) is 9.86. The first-order valence-corrected chi connectivity index (χ1v) is 11.5. The second-order valence-electron chi connectivity index (χ2n) is 8.29. The Kier molecular flexibility index (Phi) is 6.31. The molecule has 4 aromatic rings. The Morgan fingerprint density at radius 3 is 2.72 bits per heavy atom. The lowest BCUT2D eigenvalue weighted by Crippen LogP contribution is -2.31. The summed E-state index contributed by atoms with van der Waals surface area (Å²) >= 11 is 0. The van der Waals surface area contributed by atoms with Crippen LogP contribution >= 0.6 is 0 Å². The summed E-state index contributed by atoms with van der Waals surface area (Å²) in [5.74, 6) is 1.44. The van der Waals surface area contributed by atoms with Crippen LogP contribution in [-0.2, 0) is 4.79 Å². The van der Waals surface area contributed by atoms with Crippen LogP contribution in [0.5, 0.6) is 11.5 Å². The molecule has 0 spiro atoms. The van der Waals surface area contributed by atoms with Gasteiger partial charge < -0.3 is 15.0 Å². The van der Waals surface area contributed by atoms with Gasteiger partial charge in [-0.3, -0.25) is 29.8 Å². The van der Waals surface area contributed by atoms with Gasteiger partial charge in [-0.05, 0) is 30.7 Å². The Morgan fingerprint density at radius 1 is 1.14 bits per heavy atom. The van der Waals surface area contributed by atoms with Crippen LogP contribution in [0.2, 0.25) is 0 Å². The van der Waals surface area contributed by atoms with Crippen molar-refractivity contribution in [2.75, 3.05) is 23.7 Å². The van der Waals surface area contributed by atoms with E-state index < -0.39 is 5.91 Å². The molecule has 4 N–H and O–H groups in total. The zero-order valence-corrected chi connectivity index (χ0v) is 19.4. The van der Waals surface area contributed by atoms with Gasteiger partial charge in [0, 0.05) is 55.6 Å². The molecule has 5 rings (SSSR count). The molecule has 0 radical (unpaired) electrons. The summed E-state index contributed by atoms with van der Waals surface area (Å²) < 4.78 is 6.10. The number of benzene rings is 1. The molecule has 1 atom stereocenters. The fraction of sp³-hybridized carbons (Fsp3) is 0.250. The van der Waals surface area contributed by atoms with Crippen LogP contribution in [0.3, 0.4) is 0 Å². The predicted octanol–water partition coefficient (Wildman–Crippen LogP) is 2.51. The summed E-state index contributed by atoms with van der Waals surface area (Å²) in [6.45, 7) is 3.19. The van der Waals surface area contributed by atoms with Gasteiger partial charge in [0.05, 0.1) is 0 Å². The zero-order valence-electron chi connectivity index (χ0n) is 19.4. The van der Waals surface area contributed by atoms with Gasteiger partial charge in [-0.1, -0.05) is 6.92 Å². The summed E-state index contributed by atoms with van der Waals surface area (Å²) in [5.41, 5.74) is 0.571. The zero-order chi connectivity index (χ0) is 25.1. The predicted molar refractivity (Wildman–Crippen MR) is 132 cm³/mol. The number of H-pyrrole nitrogens is 2. The van der Waals surface area contributed by atoms with Crippen LogP contribution < -0.4 is 20.9 Å². The van der Waals surface area contributed by atoms with Crippen molar-refractivity contribution < 1.29 is 14.3 Å². The Morgan fingerprint density at radius 2 is 1.94 bits per heavy atom. The van der Waals surface area contributed by atoms with E-state index in [9.17, 15) is 14.4 Å². The van der Waals surface area contributed by atoms with Gasteiger partial charge in [-0.25, -0.2) is 9.97 Å². The van der Waals surface area contributed by atoms with Gasteiger partial charge in [0.1, 0.15) is 16.9 Å². The van der Waals surface area contributed by atoms with E-state index in [1.807, 2.05) is 11.8 Å². The molecular weight excluding hydrogens is 464 g/mol. The minimum atomic E-state index is -0.421. The maximum Gasteiger partial charge on any atom is 0.257 e. The van der Waals surface area contributed by atoms with Gasteiger partial charge >= 0.3 is 0 Å². The largest absolute Gasteiger partial charge is 0.456 e. The molecule has 0 unspecified atom stereocenters. The number of carbonyl (C=O) groups is 2. The molecule has 36 heavy (non-hydrogen) atoms. The maximum atomic E-state index is 12.5.